The fraction of sp³-hybridized carbons (Fsp3) is 0.744. The summed E-state index contributed by atoms with van der Waals surface area (Å²) in [5.74, 6) is -0.541. The van der Waals surface area contributed by atoms with Gasteiger partial charge in [0.05, 0.1) is 37.8 Å². The SMILES string of the molecule is CCCCCCCCCCCCCCCC/C=C/O[C@H](COC(=O)CCC[C@@H](O)[C@H](O)/C=C/C=C/C=C\C=C\[C@H](O)CCCCC)COP(=O)(O)OCCN. The highest BCUT2D eigenvalue weighted by molar-refractivity contribution is 7.47. The third-order valence-electron chi connectivity index (χ3n) is 8.89. The molecule has 0 aromatic heterocycles. The van der Waals surface area contributed by atoms with Gasteiger partial charge in [-0.25, -0.2) is 4.57 Å². The minimum atomic E-state index is -4.35. The number of hydrogen-bond donors (Lipinski definition) is 5. The summed E-state index contributed by atoms with van der Waals surface area (Å²) in [6.45, 7) is 3.71. The van der Waals surface area contributed by atoms with Crippen LogP contribution < -0.4 is 5.73 Å². The number of aliphatic hydroxyl groups is 3. The number of unbranched alkanes of at least 4 members (excludes halogenated alkanes) is 16. The number of carbonyl (C=O) groups excluding carboxylic acids is 1. The van der Waals surface area contributed by atoms with Crippen LogP contribution in [0.1, 0.15) is 155 Å². The fourth-order valence-corrected chi connectivity index (χ4v) is 6.31. The Morgan fingerprint density at radius 2 is 1.22 bits per heavy atom. The molecular weight excluding hydrogens is 721 g/mol. The minimum Gasteiger partial charge on any atom is -0.492 e. The topological polar surface area (TPSA) is 178 Å². The summed E-state index contributed by atoms with van der Waals surface area (Å²) in [6, 6.07) is 0. The smallest absolute Gasteiger partial charge is 0.472 e. The first-order valence-corrected chi connectivity index (χ1v) is 22.6. The van der Waals surface area contributed by atoms with Gasteiger partial charge in [0.1, 0.15) is 6.61 Å². The van der Waals surface area contributed by atoms with Gasteiger partial charge in [-0.3, -0.25) is 13.8 Å². The zero-order valence-electron chi connectivity index (χ0n) is 34.2. The second kappa shape index (κ2) is 38.8. The largest absolute Gasteiger partial charge is 0.492 e. The average molecular weight is 800 g/mol. The van der Waals surface area contributed by atoms with Gasteiger partial charge in [-0.15, -0.1) is 0 Å². The molecule has 0 aromatic rings. The van der Waals surface area contributed by atoms with Gasteiger partial charge in [-0.05, 0) is 38.2 Å². The van der Waals surface area contributed by atoms with Crippen LogP contribution in [0.15, 0.2) is 60.9 Å². The molecule has 55 heavy (non-hydrogen) atoms. The van der Waals surface area contributed by atoms with Gasteiger partial charge in [0, 0.05) is 13.0 Å². The van der Waals surface area contributed by atoms with Crippen molar-refractivity contribution in [2.75, 3.05) is 26.4 Å². The summed E-state index contributed by atoms with van der Waals surface area (Å²) in [5, 5.41) is 30.4. The van der Waals surface area contributed by atoms with Gasteiger partial charge in [-0.2, -0.15) is 0 Å². The van der Waals surface area contributed by atoms with Crippen molar-refractivity contribution in [2.24, 2.45) is 5.73 Å². The highest BCUT2D eigenvalue weighted by Crippen LogP contribution is 2.43. The average Bonchev–Trinajstić information content (AvgIpc) is 3.16. The second-order valence-corrected chi connectivity index (χ2v) is 15.6. The van der Waals surface area contributed by atoms with Crippen molar-refractivity contribution >= 4 is 13.8 Å². The minimum absolute atomic E-state index is 0.000341. The Hall–Kier alpha value is -2.08. The molecule has 12 heteroatoms. The first-order chi connectivity index (χ1) is 26.6. The maximum absolute atomic E-state index is 12.4. The first kappa shape index (κ1) is 52.9. The third-order valence-corrected chi connectivity index (χ3v) is 9.88. The van der Waals surface area contributed by atoms with E-state index in [0.717, 1.165) is 44.9 Å². The molecule has 0 aliphatic heterocycles. The monoisotopic (exact) mass is 800 g/mol. The van der Waals surface area contributed by atoms with Crippen molar-refractivity contribution in [3.05, 3.63) is 60.9 Å². The summed E-state index contributed by atoms with van der Waals surface area (Å²) < 4.78 is 32.9. The van der Waals surface area contributed by atoms with E-state index in [2.05, 4.69) is 13.8 Å². The van der Waals surface area contributed by atoms with E-state index >= 15 is 0 Å². The van der Waals surface area contributed by atoms with E-state index in [9.17, 15) is 29.6 Å². The normalized spacial score (nSPS) is 15.8. The molecule has 5 atom stereocenters. The molecule has 0 amide bonds. The van der Waals surface area contributed by atoms with E-state index in [1.807, 2.05) is 6.08 Å². The molecule has 0 rings (SSSR count). The van der Waals surface area contributed by atoms with Crippen LogP contribution in [0.5, 0.6) is 0 Å². The Labute approximate surface area is 333 Å². The van der Waals surface area contributed by atoms with Gasteiger partial charge in [0.25, 0.3) is 0 Å². The Bertz CT molecular complexity index is 1080. The molecule has 0 aliphatic carbocycles. The molecule has 0 spiro atoms. The van der Waals surface area contributed by atoms with Crippen LogP contribution in [-0.2, 0) is 27.9 Å². The maximum Gasteiger partial charge on any atom is 0.472 e. The standard InChI is InChI=1S/C43H78NO10P/c1-3-5-7-8-9-10-11-12-13-14-15-16-17-20-23-27-35-51-40(38-54-55(49,50)53-36-34-44)37-52-43(48)33-28-32-42(47)41(46)31-26-22-19-18-21-25-30-39(45)29-24-6-4-2/h18-19,21-22,25-27,30-31,35,39-42,45-47H,3-17,20,23-24,28-29,32-34,36-38,44H2,1-2H3,(H,49,50)/b21-18-,22-19+,30-25+,31-26+,35-27+/t39-,40-,41-,42-/m1/s1. The predicted octanol–water partition coefficient (Wildman–Crippen LogP) is 9.45. The highest BCUT2D eigenvalue weighted by atomic mass is 31.2. The molecule has 11 nitrogen and oxygen atoms in total. The number of carbonyl (C=O) groups is 1. The number of aliphatic hydroxyl groups excluding tert-OH is 3. The summed E-state index contributed by atoms with van der Waals surface area (Å²) in [7, 11) is -4.35. The van der Waals surface area contributed by atoms with Gasteiger partial charge in [0.15, 0.2) is 6.10 Å². The van der Waals surface area contributed by atoms with Gasteiger partial charge in [-0.1, -0.05) is 165 Å². The Morgan fingerprint density at radius 1 is 0.673 bits per heavy atom. The van der Waals surface area contributed by atoms with Gasteiger partial charge < -0.3 is 35.4 Å². The van der Waals surface area contributed by atoms with Crippen molar-refractivity contribution in [1.82, 2.24) is 0 Å². The lowest BCUT2D eigenvalue weighted by atomic mass is 10.0. The summed E-state index contributed by atoms with van der Waals surface area (Å²) in [6.07, 6.45) is 37.0. The number of hydrogen-bond acceptors (Lipinski definition) is 10. The quantitative estimate of drug-likeness (QED) is 0.0132. The molecule has 0 bridgehead atoms. The van der Waals surface area contributed by atoms with E-state index in [-0.39, 0.29) is 45.6 Å². The van der Waals surface area contributed by atoms with Crippen LogP contribution >= 0.6 is 7.82 Å². The summed E-state index contributed by atoms with van der Waals surface area (Å²) in [5.41, 5.74) is 5.34. The number of phosphoric acid groups is 1. The molecule has 0 aliphatic rings. The van der Waals surface area contributed by atoms with Crippen molar-refractivity contribution < 1.29 is 48.1 Å². The van der Waals surface area contributed by atoms with Crippen LogP contribution in [0.25, 0.3) is 0 Å². The molecule has 0 radical (unpaired) electrons. The molecule has 1 unspecified atom stereocenters. The fourth-order valence-electron chi connectivity index (χ4n) is 5.54. The molecule has 0 saturated carbocycles. The van der Waals surface area contributed by atoms with E-state index in [0.29, 0.717) is 0 Å². The highest BCUT2D eigenvalue weighted by Gasteiger charge is 2.24. The molecule has 320 valence electrons. The zero-order valence-corrected chi connectivity index (χ0v) is 35.1. The van der Waals surface area contributed by atoms with E-state index in [1.165, 1.54) is 89.4 Å². The van der Waals surface area contributed by atoms with Crippen LogP contribution in [0.3, 0.4) is 0 Å². The van der Waals surface area contributed by atoms with Crippen LogP contribution in [0, 0.1) is 0 Å². The zero-order chi connectivity index (χ0) is 40.7. The molecule has 0 fully saturated rings. The second-order valence-electron chi connectivity index (χ2n) is 14.1. The van der Waals surface area contributed by atoms with Crippen molar-refractivity contribution in [3.63, 3.8) is 0 Å². The lowest BCUT2D eigenvalue weighted by Gasteiger charge is -2.19. The molecule has 6 N–H and O–H groups in total. The first-order valence-electron chi connectivity index (χ1n) is 21.2. The molecule has 0 aromatic carbocycles. The maximum atomic E-state index is 12.4. The number of ether oxygens (including phenoxy) is 2. The van der Waals surface area contributed by atoms with E-state index < -0.39 is 38.2 Å². The lowest BCUT2D eigenvalue weighted by Crippen LogP contribution is -2.26. The van der Waals surface area contributed by atoms with Crippen molar-refractivity contribution in [3.8, 4) is 0 Å². The Kier molecular flexibility index (Phi) is 37.3. The third kappa shape index (κ3) is 37.3. The summed E-state index contributed by atoms with van der Waals surface area (Å²) in [4.78, 5) is 22.3. The van der Waals surface area contributed by atoms with Crippen molar-refractivity contribution in [2.45, 2.75) is 180 Å². The summed E-state index contributed by atoms with van der Waals surface area (Å²) >= 11 is 0. The number of esters is 1. The van der Waals surface area contributed by atoms with Gasteiger partial charge >= 0.3 is 13.8 Å². The predicted molar refractivity (Wildman–Crippen MR) is 223 cm³/mol. The molecule has 0 saturated heterocycles. The van der Waals surface area contributed by atoms with Gasteiger partial charge in [0.2, 0.25) is 0 Å². The van der Waals surface area contributed by atoms with Crippen LogP contribution in [0.4, 0.5) is 0 Å². The number of allylic oxidation sites excluding steroid dienone is 7. The number of rotatable bonds is 39. The Morgan fingerprint density at radius 3 is 1.82 bits per heavy atom. The van der Waals surface area contributed by atoms with Crippen molar-refractivity contribution in [1.29, 1.82) is 0 Å². The van der Waals surface area contributed by atoms with E-state index in [4.69, 9.17) is 24.3 Å². The van der Waals surface area contributed by atoms with Crippen LogP contribution in [-0.4, -0.2) is 77.0 Å². The van der Waals surface area contributed by atoms with E-state index in [1.54, 1.807) is 42.5 Å². The Balaban J connectivity index is 4.44. The lowest BCUT2D eigenvalue weighted by molar-refractivity contribution is -0.147. The molecule has 0 heterocycles. The number of nitrogens with two attached hydrogens (primary N) is 1. The number of phosphoric ester groups is 1. The van der Waals surface area contributed by atoms with Crippen LogP contribution in [0.2, 0.25) is 0 Å². The molecular formula is C43H78NO10P.